The SMILES string of the molecule is Cc1ccc(C#N)cc1NCC(=O)NC(C)(C)C. The number of hydrogen-bond donors (Lipinski definition) is 2. The van der Waals surface area contributed by atoms with Gasteiger partial charge in [-0.2, -0.15) is 5.26 Å². The van der Waals surface area contributed by atoms with Gasteiger partial charge in [0.1, 0.15) is 0 Å². The molecule has 0 saturated carbocycles. The minimum absolute atomic E-state index is 0.0655. The normalized spacial score (nSPS) is 10.6. The van der Waals surface area contributed by atoms with Gasteiger partial charge in [-0.15, -0.1) is 0 Å². The molecule has 4 nitrogen and oxygen atoms in total. The maximum Gasteiger partial charge on any atom is 0.239 e. The van der Waals surface area contributed by atoms with Crippen LogP contribution >= 0.6 is 0 Å². The highest BCUT2D eigenvalue weighted by Gasteiger charge is 2.13. The molecule has 0 aliphatic carbocycles. The molecule has 0 radical (unpaired) electrons. The molecule has 0 aromatic heterocycles. The van der Waals surface area contributed by atoms with Gasteiger partial charge in [-0.3, -0.25) is 4.79 Å². The van der Waals surface area contributed by atoms with Gasteiger partial charge in [-0.05, 0) is 45.4 Å². The van der Waals surface area contributed by atoms with Crippen molar-refractivity contribution in [1.29, 1.82) is 5.26 Å². The number of nitrogens with one attached hydrogen (secondary N) is 2. The van der Waals surface area contributed by atoms with Crippen LogP contribution in [-0.4, -0.2) is 18.0 Å². The lowest BCUT2D eigenvalue weighted by Crippen LogP contribution is -2.43. The maximum absolute atomic E-state index is 11.7. The van der Waals surface area contributed by atoms with Crippen LogP contribution in [0.15, 0.2) is 18.2 Å². The summed E-state index contributed by atoms with van der Waals surface area (Å²) in [5, 5.41) is 14.7. The van der Waals surface area contributed by atoms with Gasteiger partial charge in [0.2, 0.25) is 5.91 Å². The van der Waals surface area contributed by atoms with Gasteiger partial charge in [-0.25, -0.2) is 0 Å². The summed E-state index contributed by atoms with van der Waals surface area (Å²) in [5.41, 5.74) is 2.18. The monoisotopic (exact) mass is 245 g/mol. The highest BCUT2D eigenvalue weighted by molar-refractivity contribution is 5.81. The third-order valence-corrected chi connectivity index (χ3v) is 2.32. The average Bonchev–Trinajstić information content (AvgIpc) is 2.25. The number of nitrogens with zero attached hydrogens (tertiary/aromatic N) is 1. The molecule has 0 saturated heterocycles. The van der Waals surface area contributed by atoms with Crippen molar-refractivity contribution >= 4 is 11.6 Å². The molecule has 0 aliphatic heterocycles. The van der Waals surface area contributed by atoms with E-state index in [2.05, 4.69) is 16.7 Å². The average molecular weight is 245 g/mol. The second-order valence-corrected chi connectivity index (χ2v) is 5.29. The number of rotatable bonds is 3. The summed E-state index contributed by atoms with van der Waals surface area (Å²) in [6.07, 6.45) is 0. The smallest absolute Gasteiger partial charge is 0.239 e. The summed E-state index contributed by atoms with van der Waals surface area (Å²) in [4.78, 5) is 11.7. The van der Waals surface area contributed by atoms with E-state index in [1.54, 1.807) is 12.1 Å². The van der Waals surface area contributed by atoms with Crippen LogP contribution in [0.25, 0.3) is 0 Å². The fourth-order valence-electron chi connectivity index (χ4n) is 1.52. The zero-order chi connectivity index (χ0) is 13.8. The fourth-order valence-corrected chi connectivity index (χ4v) is 1.52. The van der Waals surface area contributed by atoms with E-state index in [0.717, 1.165) is 11.3 Å². The molecule has 4 heteroatoms. The lowest BCUT2D eigenvalue weighted by atomic mass is 10.1. The van der Waals surface area contributed by atoms with Gasteiger partial charge >= 0.3 is 0 Å². The van der Waals surface area contributed by atoms with Gasteiger partial charge in [0.15, 0.2) is 0 Å². The first-order chi connectivity index (χ1) is 8.31. The molecule has 0 atom stereocenters. The number of amides is 1. The van der Waals surface area contributed by atoms with Crippen LogP contribution in [0.5, 0.6) is 0 Å². The molecule has 1 rings (SSSR count). The molecule has 1 amide bonds. The highest BCUT2D eigenvalue weighted by atomic mass is 16.2. The van der Waals surface area contributed by atoms with Crippen molar-refractivity contribution in [3.8, 4) is 6.07 Å². The molecule has 1 aromatic rings. The van der Waals surface area contributed by atoms with Crippen LogP contribution in [0.4, 0.5) is 5.69 Å². The molecule has 0 unspecified atom stereocenters. The lowest BCUT2D eigenvalue weighted by Gasteiger charge is -2.21. The van der Waals surface area contributed by atoms with Crippen LogP contribution in [0, 0.1) is 18.3 Å². The van der Waals surface area contributed by atoms with Gasteiger partial charge < -0.3 is 10.6 Å². The summed E-state index contributed by atoms with van der Waals surface area (Å²) in [6, 6.07) is 7.45. The van der Waals surface area contributed by atoms with E-state index in [1.165, 1.54) is 0 Å². The van der Waals surface area contributed by atoms with Crippen molar-refractivity contribution in [3.05, 3.63) is 29.3 Å². The molecule has 18 heavy (non-hydrogen) atoms. The number of carbonyl (C=O) groups is 1. The molecule has 0 fully saturated rings. The van der Waals surface area contributed by atoms with Crippen molar-refractivity contribution in [2.24, 2.45) is 0 Å². The first-order valence-corrected chi connectivity index (χ1v) is 5.87. The number of benzene rings is 1. The number of anilines is 1. The Morgan fingerprint density at radius 1 is 1.39 bits per heavy atom. The van der Waals surface area contributed by atoms with Gasteiger partial charge in [0.25, 0.3) is 0 Å². The van der Waals surface area contributed by atoms with Crippen LogP contribution in [0.1, 0.15) is 31.9 Å². The lowest BCUT2D eigenvalue weighted by molar-refractivity contribution is -0.120. The summed E-state index contributed by atoms with van der Waals surface area (Å²) >= 11 is 0. The van der Waals surface area contributed by atoms with Crippen molar-refractivity contribution in [2.45, 2.75) is 33.2 Å². The summed E-state index contributed by atoms with van der Waals surface area (Å²) < 4.78 is 0. The number of nitriles is 1. The van der Waals surface area contributed by atoms with Gasteiger partial charge in [0, 0.05) is 11.2 Å². The molecule has 0 heterocycles. The van der Waals surface area contributed by atoms with Crippen molar-refractivity contribution < 1.29 is 4.79 Å². The Kier molecular flexibility index (Phi) is 4.33. The zero-order valence-corrected chi connectivity index (χ0v) is 11.3. The highest BCUT2D eigenvalue weighted by Crippen LogP contribution is 2.16. The molecule has 0 bridgehead atoms. The number of hydrogen-bond acceptors (Lipinski definition) is 3. The van der Waals surface area contributed by atoms with E-state index >= 15 is 0 Å². The quantitative estimate of drug-likeness (QED) is 0.858. The molecule has 0 aliphatic rings. The largest absolute Gasteiger partial charge is 0.376 e. The predicted molar refractivity (Wildman–Crippen MR) is 72.3 cm³/mol. The van der Waals surface area contributed by atoms with E-state index in [1.807, 2.05) is 33.8 Å². The minimum atomic E-state index is -0.234. The zero-order valence-electron chi connectivity index (χ0n) is 11.3. The van der Waals surface area contributed by atoms with Crippen LogP contribution < -0.4 is 10.6 Å². The molecule has 0 spiro atoms. The topological polar surface area (TPSA) is 64.9 Å². The molecule has 2 N–H and O–H groups in total. The standard InChI is InChI=1S/C14H19N3O/c1-10-5-6-11(8-15)7-12(10)16-9-13(18)17-14(2,3)4/h5-7,16H,9H2,1-4H3,(H,17,18). The third kappa shape index (κ3) is 4.46. The fraction of sp³-hybridized carbons (Fsp3) is 0.429. The van der Waals surface area contributed by atoms with Gasteiger partial charge in [-0.1, -0.05) is 6.07 Å². The van der Waals surface area contributed by atoms with Crippen LogP contribution in [-0.2, 0) is 4.79 Å². The van der Waals surface area contributed by atoms with Crippen LogP contribution in [0.3, 0.4) is 0 Å². The van der Waals surface area contributed by atoms with E-state index in [4.69, 9.17) is 5.26 Å². The second kappa shape index (κ2) is 5.54. The van der Waals surface area contributed by atoms with E-state index in [0.29, 0.717) is 5.56 Å². The first kappa shape index (κ1) is 14.0. The Morgan fingerprint density at radius 2 is 2.06 bits per heavy atom. The first-order valence-electron chi connectivity index (χ1n) is 5.87. The van der Waals surface area contributed by atoms with E-state index in [9.17, 15) is 4.79 Å². The molecule has 96 valence electrons. The molecule has 1 aromatic carbocycles. The van der Waals surface area contributed by atoms with Crippen LogP contribution in [0.2, 0.25) is 0 Å². The summed E-state index contributed by atoms with van der Waals surface area (Å²) in [5.74, 6) is -0.0655. The number of carbonyl (C=O) groups excluding carboxylic acids is 1. The Balaban J connectivity index is 2.64. The summed E-state index contributed by atoms with van der Waals surface area (Å²) in [6.45, 7) is 7.95. The van der Waals surface area contributed by atoms with Crippen molar-refractivity contribution in [1.82, 2.24) is 5.32 Å². The Labute approximate surface area is 108 Å². The molecular weight excluding hydrogens is 226 g/mol. The van der Waals surface area contributed by atoms with E-state index < -0.39 is 0 Å². The molecular formula is C14H19N3O. The number of aryl methyl sites for hydroxylation is 1. The Morgan fingerprint density at radius 3 is 2.61 bits per heavy atom. The van der Waals surface area contributed by atoms with Crippen molar-refractivity contribution in [3.63, 3.8) is 0 Å². The second-order valence-electron chi connectivity index (χ2n) is 5.29. The minimum Gasteiger partial charge on any atom is -0.376 e. The Hall–Kier alpha value is -2.02. The van der Waals surface area contributed by atoms with Gasteiger partial charge in [0.05, 0.1) is 18.2 Å². The third-order valence-electron chi connectivity index (χ3n) is 2.32. The maximum atomic E-state index is 11.7. The Bertz CT molecular complexity index is 481. The van der Waals surface area contributed by atoms with Crippen molar-refractivity contribution in [2.75, 3.05) is 11.9 Å². The predicted octanol–water partition coefficient (Wildman–Crippen LogP) is 2.19. The van der Waals surface area contributed by atoms with E-state index in [-0.39, 0.29) is 18.0 Å². The summed E-state index contributed by atoms with van der Waals surface area (Å²) in [7, 11) is 0.